The van der Waals surface area contributed by atoms with Gasteiger partial charge in [-0.2, -0.15) is 0 Å². The second kappa shape index (κ2) is 4.94. The highest BCUT2D eigenvalue weighted by Crippen LogP contribution is 2.19. The zero-order valence-corrected chi connectivity index (χ0v) is 9.12. The van der Waals surface area contributed by atoms with E-state index in [1.54, 1.807) is 6.20 Å². The van der Waals surface area contributed by atoms with Crippen LogP contribution in [0.2, 0.25) is 0 Å². The van der Waals surface area contributed by atoms with Crippen molar-refractivity contribution in [1.29, 1.82) is 0 Å². The summed E-state index contributed by atoms with van der Waals surface area (Å²) in [5, 5.41) is 14.8. The van der Waals surface area contributed by atoms with Crippen LogP contribution in [0, 0.1) is 0 Å². The van der Waals surface area contributed by atoms with E-state index in [0.717, 1.165) is 24.4 Å². The third kappa shape index (κ3) is 2.57. The minimum Gasteiger partial charge on any atom is -0.420 e. The van der Waals surface area contributed by atoms with Gasteiger partial charge in [0.15, 0.2) is 0 Å². The normalized spacial score (nSPS) is 10.7. The van der Waals surface area contributed by atoms with E-state index in [2.05, 4.69) is 32.0 Å². The van der Waals surface area contributed by atoms with Gasteiger partial charge in [-0.25, -0.2) is 0 Å². The van der Waals surface area contributed by atoms with Crippen LogP contribution in [-0.4, -0.2) is 32.9 Å². The van der Waals surface area contributed by atoms with Gasteiger partial charge in [-0.15, -0.1) is 15.3 Å². The number of rotatable bonds is 5. The predicted molar refractivity (Wildman–Crippen MR) is 55.4 cm³/mol. The minimum atomic E-state index is 0.497. The molecule has 0 amide bonds. The van der Waals surface area contributed by atoms with Crippen molar-refractivity contribution in [3.63, 3.8) is 0 Å². The first kappa shape index (κ1) is 10.2. The molecule has 0 unspecified atom stereocenters. The van der Waals surface area contributed by atoms with Gasteiger partial charge < -0.3 is 9.73 Å². The van der Waals surface area contributed by atoms with Crippen LogP contribution < -0.4 is 5.32 Å². The second-order valence-corrected chi connectivity index (χ2v) is 3.67. The summed E-state index contributed by atoms with van der Waals surface area (Å²) in [4.78, 5) is 0.803. The number of nitrogens with zero attached hydrogens (tertiary/aromatic N) is 4. The standard InChI is InChI=1S/C8H11N5OS/c1-2-9-4-3-7-11-12-8(14-7)6-5-10-13-15-6/h5,9H,2-4H2,1H3. The average Bonchev–Trinajstić information content (AvgIpc) is 2.87. The first-order chi connectivity index (χ1) is 7.40. The lowest BCUT2D eigenvalue weighted by molar-refractivity contribution is 0.497. The summed E-state index contributed by atoms with van der Waals surface area (Å²) < 4.78 is 9.18. The van der Waals surface area contributed by atoms with Crippen molar-refractivity contribution in [2.24, 2.45) is 0 Å². The maximum atomic E-state index is 5.44. The quantitative estimate of drug-likeness (QED) is 0.756. The fraction of sp³-hybridized carbons (Fsp3) is 0.500. The van der Waals surface area contributed by atoms with E-state index in [-0.39, 0.29) is 0 Å². The smallest absolute Gasteiger partial charge is 0.261 e. The highest BCUT2D eigenvalue weighted by atomic mass is 32.1. The molecule has 0 aliphatic heterocycles. The van der Waals surface area contributed by atoms with Crippen LogP contribution in [-0.2, 0) is 6.42 Å². The Kier molecular flexibility index (Phi) is 3.36. The van der Waals surface area contributed by atoms with Crippen molar-refractivity contribution in [3.05, 3.63) is 12.1 Å². The van der Waals surface area contributed by atoms with Crippen LogP contribution in [0.25, 0.3) is 10.8 Å². The number of likely N-dealkylation sites (N-methyl/N-ethyl adjacent to an activating group) is 1. The van der Waals surface area contributed by atoms with Gasteiger partial charge >= 0.3 is 0 Å². The molecule has 0 atom stereocenters. The SMILES string of the molecule is CCNCCc1nnc(-c2cnns2)o1. The highest BCUT2D eigenvalue weighted by Gasteiger charge is 2.09. The van der Waals surface area contributed by atoms with Gasteiger partial charge in [0, 0.05) is 13.0 Å². The van der Waals surface area contributed by atoms with Crippen molar-refractivity contribution < 1.29 is 4.42 Å². The van der Waals surface area contributed by atoms with Crippen molar-refractivity contribution >= 4 is 11.5 Å². The van der Waals surface area contributed by atoms with E-state index in [9.17, 15) is 0 Å². The Bertz CT molecular complexity index is 399. The Labute approximate surface area is 90.9 Å². The third-order valence-corrected chi connectivity index (χ3v) is 2.46. The zero-order valence-electron chi connectivity index (χ0n) is 8.30. The Morgan fingerprint density at radius 2 is 2.40 bits per heavy atom. The molecular weight excluding hydrogens is 214 g/mol. The number of hydrogen-bond acceptors (Lipinski definition) is 7. The van der Waals surface area contributed by atoms with E-state index in [1.165, 1.54) is 11.5 Å². The van der Waals surface area contributed by atoms with Crippen LogP contribution in [0.1, 0.15) is 12.8 Å². The summed E-state index contributed by atoms with van der Waals surface area (Å²) >= 11 is 1.24. The van der Waals surface area contributed by atoms with Crippen molar-refractivity contribution in [3.8, 4) is 10.8 Å². The molecule has 0 fully saturated rings. The molecule has 1 N–H and O–H groups in total. The van der Waals surface area contributed by atoms with Crippen molar-refractivity contribution in [2.75, 3.05) is 13.1 Å². The van der Waals surface area contributed by atoms with Gasteiger partial charge in [-0.3, -0.25) is 0 Å². The molecule has 0 aromatic carbocycles. The lowest BCUT2D eigenvalue weighted by Gasteiger charge is -1.95. The predicted octanol–water partition coefficient (Wildman–Crippen LogP) is 0.740. The number of nitrogens with one attached hydrogen (secondary N) is 1. The largest absolute Gasteiger partial charge is 0.420 e. The molecule has 2 aromatic rings. The van der Waals surface area contributed by atoms with Gasteiger partial charge in [0.2, 0.25) is 5.89 Å². The molecule has 0 aliphatic carbocycles. The molecule has 15 heavy (non-hydrogen) atoms. The van der Waals surface area contributed by atoms with E-state index >= 15 is 0 Å². The minimum absolute atomic E-state index is 0.497. The van der Waals surface area contributed by atoms with Gasteiger partial charge in [0.1, 0.15) is 4.88 Å². The molecule has 0 spiro atoms. The van der Waals surface area contributed by atoms with E-state index in [1.807, 2.05) is 0 Å². The lowest BCUT2D eigenvalue weighted by Crippen LogP contribution is -2.16. The van der Waals surface area contributed by atoms with Crippen molar-refractivity contribution in [1.82, 2.24) is 25.1 Å². The molecule has 0 saturated carbocycles. The summed E-state index contributed by atoms with van der Waals surface area (Å²) in [6.45, 7) is 3.85. The van der Waals surface area contributed by atoms with Gasteiger partial charge in [-0.05, 0) is 18.1 Å². The molecule has 2 heterocycles. The molecule has 0 saturated heterocycles. The van der Waals surface area contributed by atoms with Gasteiger partial charge in [0.05, 0.1) is 6.20 Å². The first-order valence-electron chi connectivity index (χ1n) is 4.71. The van der Waals surface area contributed by atoms with Crippen molar-refractivity contribution in [2.45, 2.75) is 13.3 Å². The zero-order chi connectivity index (χ0) is 10.5. The van der Waals surface area contributed by atoms with Crippen LogP contribution in [0.15, 0.2) is 10.6 Å². The van der Waals surface area contributed by atoms with Crippen LogP contribution >= 0.6 is 11.5 Å². The fourth-order valence-corrected chi connectivity index (χ4v) is 1.52. The molecule has 7 heteroatoms. The van der Waals surface area contributed by atoms with Crippen LogP contribution in [0.4, 0.5) is 0 Å². The number of hydrogen-bond donors (Lipinski definition) is 1. The van der Waals surface area contributed by atoms with E-state index in [4.69, 9.17) is 4.42 Å². The summed E-state index contributed by atoms with van der Waals surface area (Å²) in [7, 11) is 0. The number of aromatic nitrogens is 4. The fourth-order valence-electron chi connectivity index (χ4n) is 1.09. The summed E-state index contributed by atoms with van der Waals surface area (Å²) in [5.41, 5.74) is 0. The average molecular weight is 225 g/mol. The molecule has 6 nitrogen and oxygen atoms in total. The molecule has 0 aliphatic rings. The monoisotopic (exact) mass is 225 g/mol. The Morgan fingerprint density at radius 3 is 3.13 bits per heavy atom. The summed E-state index contributed by atoms with van der Waals surface area (Å²) in [5.74, 6) is 1.14. The topological polar surface area (TPSA) is 76.7 Å². The highest BCUT2D eigenvalue weighted by molar-refractivity contribution is 7.09. The molecular formula is C8H11N5OS. The maximum absolute atomic E-state index is 5.44. The van der Waals surface area contributed by atoms with E-state index in [0.29, 0.717) is 11.8 Å². The molecule has 2 rings (SSSR count). The van der Waals surface area contributed by atoms with Crippen LogP contribution in [0.3, 0.4) is 0 Å². The molecule has 2 aromatic heterocycles. The molecule has 0 bridgehead atoms. The van der Waals surface area contributed by atoms with E-state index < -0.39 is 0 Å². The lowest BCUT2D eigenvalue weighted by atomic mass is 10.4. The van der Waals surface area contributed by atoms with Gasteiger partial charge in [-0.1, -0.05) is 11.4 Å². The summed E-state index contributed by atoms with van der Waals surface area (Å²) in [6, 6.07) is 0. The maximum Gasteiger partial charge on any atom is 0.261 e. The Hall–Kier alpha value is -1.34. The summed E-state index contributed by atoms with van der Waals surface area (Å²) in [6.07, 6.45) is 2.36. The first-order valence-corrected chi connectivity index (χ1v) is 5.48. The Morgan fingerprint density at radius 1 is 1.47 bits per heavy atom. The molecule has 0 radical (unpaired) electrons. The Balaban J connectivity index is 1.98. The molecule has 80 valence electrons. The van der Waals surface area contributed by atoms with Crippen LogP contribution in [0.5, 0.6) is 0 Å². The third-order valence-electron chi connectivity index (χ3n) is 1.80. The van der Waals surface area contributed by atoms with Gasteiger partial charge in [0.25, 0.3) is 5.89 Å². The second-order valence-electron chi connectivity index (χ2n) is 2.89.